The number of alkyl halides is 3. The molecule has 0 fully saturated rings. The Hall–Kier alpha value is -1.47. The fourth-order valence-electron chi connectivity index (χ4n) is 1.75. The summed E-state index contributed by atoms with van der Waals surface area (Å²) in [4.78, 5) is 3.31. The van der Waals surface area contributed by atoms with Gasteiger partial charge in [-0.3, -0.25) is 0 Å². The third-order valence-corrected chi connectivity index (χ3v) is 4.07. The van der Waals surface area contributed by atoms with Crippen molar-refractivity contribution in [2.75, 3.05) is 0 Å². The largest absolute Gasteiger partial charge is 0.443 e. The summed E-state index contributed by atoms with van der Waals surface area (Å²) in [6.45, 7) is 1.34. The van der Waals surface area contributed by atoms with E-state index in [0.29, 0.717) is 11.3 Å². The van der Waals surface area contributed by atoms with E-state index < -0.39 is 22.6 Å². The van der Waals surface area contributed by atoms with E-state index >= 15 is 0 Å². The highest BCUT2D eigenvalue weighted by atomic mass is 32.1. The highest BCUT2D eigenvalue weighted by molar-refractivity contribution is 7.11. The normalized spacial score (nSPS) is 15.1. The Morgan fingerprint density at radius 1 is 1.25 bits per heavy atom. The third-order valence-electron chi connectivity index (χ3n) is 2.77. The first kappa shape index (κ1) is 14.9. The molecule has 7 heteroatoms. The summed E-state index contributed by atoms with van der Waals surface area (Å²) in [5.74, 6) is -0.506. The van der Waals surface area contributed by atoms with Crippen LogP contribution in [0.25, 0.3) is 0 Å². The van der Waals surface area contributed by atoms with Crippen LogP contribution in [-0.2, 0) is 18.2 Å². The molecular weight excluding hydrogens is 294 g/mol. The molecule has 1 N–H and O–H groups in total. The predicted molar refractivity (Wildman–Crippen MR) is 66.8 cm³/mol. The van der Waals surface area contributed by atoms with E-state index in [0.717, 1.165) is 6.20 Å². The maximum absolute atomic E-state index is 13.5. The Morgan fingerprint density at radius 3 is 2.45 bits per heavy atom. The lowest BCUT2D eigenvalue weighted by Crippen LogP contribution is -2.23. The van der Waals surface area contributed by atoms with Crippen molar-refractivity contribution in [3.63, 3.8) is 0 Å². The Kier molecular flexibility index (Phi) is 3.84. The molecular formula is C13H11F4NOS. The second-order valence-corrected chi connectivity index (χ2v) is 5.60. The molecule has 0 aliphatic carbocycles. The highest BCUT2D eigenvalue weighted by Crippen LogP contribution is 2.37. The third kappa shape index (κ3) is 3.16. The molecule has 0 radical (unpaired) electrons. The van der Waals surface area contributed by atoms with Crippen molar-refractivity contribution < 1.29 is 22.7 Å². The lowest BCUT2D eigenvalue weighted by molar-refractivity contribution is -0.137. The lowest BCUT2D eigenvalue weighted by atomic mass is 9.95. The van der Waals surface area contributed by atoms with Crippen LogP contribution in [0.4, 0.5) is 17.6 Å². The van der Waals surface area contributed by atoms with Crippen molar-refractivity contribution in [1.29, 1.82) is 0 Å². The summed E-state index contributed by atoms with van der Waals surface area (Å²) >= 11 is 0.363. The summed E-state index contributed by atoms with van der Waals surface area (Å²) < 4.78 is 51.0. The zero-order valence-electron chi connectivity index (χ0n) is 10.4. The summed E-state index contributed by atoms with van der Waals surface area (Å²) in [5.41, 5.74) is -1.37. The van der Waals surface area contributed by atoms with Crippen LogP contribution in [0.3, 0.4) is 0 Å². The molecule has 1 aromatic carbocycles. The van der Waals surface area contributed by atoms with E-state index in [4.69, 9.17) is 0 Å². The zero-order chi connectivity index (χ0) is 15.0. The van der Waals surface area contributed by atoms with Gasteiger partial charge in [-0.2, -0.15) is 13.2 Å². The number of halogens is 4. The quantitative estimate of drug-likeness (QED) is 0.876. The van der Waals surface area contributed by atoms with Crippen LogP contribution in [0.1, 0.15) is 22.4 Å². The number of nitrogens with zero attached hydrogens (tertiary/aromatic N) is 1. The van der Waals surface area contributed by atoms with Crippen molar-refractivity contribution >= 4 is 11.3 Å². The first-order chi connectivity index (χ1) is 9.20. The van der Waals surface area contributed by atoms with Crippen molar-refractivity contribution in [3.05, 3.63) is 51.7 Å². The minimum Gasteiger partial charge on any atom is -0.384 e. The molecule has 0 bridgehead atoms. The second-order valence-electron chi connectivity index (χ2n) is 4.57. The maximum Gasteiger partial charge on any atom is 0.443 e. The fraction of sp³-hybridized carbons (Fsp3) is 0.308. The van der Waals surface area contributed by atoms with Crippen LogP contribution in [0, 0.1) is 5.82 Å². The Bertz CT molecular complexity index is 606. The summed E-state index contributed by atoms with van der Waals surface area (Å²) in [5, 5.41) is 9.25. The molecule has 0 aliphatic heterocycles. The Balaban J connectivity index is 2.27. The smallest absolute Gasteiger partial charge is 0.384 e. The molecule has 0 amide bonds. The van der Waals surface area contributed by atoms with Crippen LogP contribution in [-0.4, -0.2) is 10.1 Å². The summed E-state index contributed by atoms with van der Waals surface area (Å²) in [7, 11) is 0. The molecule has 2 aromatic rings. The molecule has 1 atom stereocenters. The SMILES string of the molecule is CC(O)(Cc1ccccc1F)c1cnc(C(F)(F)F)s1. The molecule has 0 saturated heterocycles. The molecule has 108 valence electrons. The fourth-order valence-corrected chi connectivity index (χ4v) is 2.58. The molecule has 0 aliphatic rings. The van der Waals surface area contributed by atoms with Gasteiger partial charge in [0.25, 0.3) is 0 Å². The van der Waals surface area contributed by atoms with Crippen LogP contribution in [0.5, 0.6) is 0 Å². The molecule has 1 unspecified atom stereocenters. The van der Waals surface area contributed by atoms with Crippen molar-refractivity contribution in [3.8, 4) is 0 Å². The Morgan fingerprint density at radius 2 is 1.90 bits per heavy atom. The van der Waals surface area contributed by atoms with Gasteiger partial charge in [-0.15, -0.1) is 11.3 Å². The average molecular weight is 305 g/mol. The van der Waals surface area contributed by atoms with Gasteiger partial charge >= 0.3 is 6.18 Å². The molecule has 20 heavy (non-hydrogen) atoms. The topological polar surface area (TPSA) is 33.1 Å². The van der Waals surface area contributed by atoms with Gasteiger partial charge in [0.1, 0.15) is 11.4 Å². The zero-order valence-corrected chi connectivity index (χ0v) is 11.2. The first-order valence-electron chi connectivity index (χ1n) is 5.69. The maximum atomic E-state index is 13.5. The van der Waals surface area contributed by atoms with E-state index in [2.05, 4.69) is 4.98 Å². The van der Waals surface area contributed by atoms with Gasteiger partial charge in [0.2, 0.25) is 0 Å². The van der Waals surface area contributed by atoms with Crippen LogP contribution >= 0.6 is 11.3 Å². The average Bonchev–Trinajstić information content (AvgIpc) is 2.81. The standard InChI is InChI=1S/C13H11F4NOS/c1-12(19,6-8-4-2-3-5-9(8)14)10-7-18-11(20-10)13(15,16)17/h2-5,7,19H,6H2,1H3. The monoisotopic (exact) mass is 305 g/mol. The van der Waals surface area contributed by atoms with Gasteiger partial charge in [0.05, 0.1) is 4.88 Å². The van der Waals surface area contributed by atoms with E-state index in [9.17, 15) is 22.7 Å². The van der Waals surface area contributed by atoms with Crippen molar-refractivity contribution in [2.24, 2.45) is 0 Å². The lowest BCUT2D eigenvalue weighted by Gasteiger charge is -2.21. The van der Waals surface area contributed by atoms with Crippen LogP contribution in [0.2, 0.25) is 0 Å². The number of hydrogen-bond acceptors (Lipinski definition) is 3. The number of benzene rings is 1. The molecule has 0 saturated carbocycles. The van der Waals surface area contributed by atoms with E-state index in [-0.39, 0.29) is 16.9 Å². The van der Waals surface area contributed by atoms with Crippen molar-refractivity contribution in [2.45, 2.75) is 25.1 Å². The Labute approximate surface area is 116 Å². The summed E-state index contributed by atoms with van der Waals surface area (Å²) in [6.07, 6.45) is -3.69. The van der Waals surface area contributed by atoms with Gasteiger partial charge in [-0.1, -0.05) is 18.2 Å². The van der Waals surface area contributed by atoms with Gasteiger partial charge in [-0.05, 0) is 18.6 Å². The van der Waals surface area contributed by atoms with Gasteiger partial charge in [0.15, 0.2) is 5.01 Å². The molecule has 1 aromatic heterocycles. The number of hydrogen-bond donors (Lipinski definition) is 1. The molecule has 0 spiro atoms. The highest BCUT2D eigenvalue weighted by Gasteiger charge is 2.37. The number of aromatic nitrogens is 1. The van der Waals surface area contributed by atoms with Gasteiger partial charge in [0, 0.05) is 12.6 Å². The van der Waals surface area contributed by atoms with Gasteiger partial charge in [-0.25, -0.2) is 9.37 Å². The second kappa shape index (κ2) is 5.14. The van der Waals surface area contributed by atoms with Gasteiger partial charge < -0.3 is 5.11 Å². The van der Waals surface area contributed by atoms with E-state index in [1.54, 1.807) is 6.07 Å². The van der Waals surface area contributed by atoms with Crippen LogP contribution in [0.15, 0.2) is 30.5 Å². The van der Waals surface area contributed by atoms with Crippen molar-refractivity contribution in [1.82, 2.24) is 4.98 Å². The summed E-state index contributed by atoms with van der Waals surface area (Å²) in [6, 6.07) is 5.82. The molecule has 2 rings (SSSR count). The first-order valence-corrected chi connectivity index (χ1v) is 6.51. The molecule has 2 nitrogen and oxygen atoms in total. The predicted octanol–water partition coefficient (Wildman–Crippen LogP) is 3.75. The van der Waals surface area contributed by atoms with E-state index in [1.807, 2.05) is 0 Å². The number of thiazole rings is 1. The van der Waals surface area contributed by atoms with E-state index in [1.165, 1.54) is 25.1 Å². The number of aliphatic hydroxyl groups is 1. The minimum absolute atomic E-state index is 0.0491. The minimum atomic E-state index is -4.54. The van der Waals surface area contributed by atoms with Crippen LogP contribution < -0.4 is 0 Å². The number of rotatable bonds is 3. The molecule has 1 heterocycles.